The third-order valence-electron chi connectivity index (χ3n) is 3.05. The highest BCUT2D eigenvalue weighted by Gasteiger charge is 2.11. The fourth-order valence-electron chi connectivity index (χ4n) is 2.12. The predicted molar refractivity (Wildman–Crippen MR) is 92.7 cm³/mol. The molecule has 0 aliphatic rings. The first-order valence-electron chi connectivity index (χ1n) is 6.80. The van der Waals surface area contributed by atoms with Gasteiger partial charge >= 0.3 is 0 Å². The molecule has 0 saturated carbocycles. The van der Waals surface area contributed by atoms with E-state index in [0.717, 1.165) is 16.8 Å². The molecule has 0 aliphatic carbocycles. The Balaban J connectivity index is 2.01. The fraction of sp³-hybridized carbons (Fsp3) is 0.125. The minimum atomic E-state index is -0.520. The maximum Gasteiger partial charge on any atom is 0.269 e. The number of nitrogens with one attached hydrogen (secondary N) is 2. The zero-order valence-corrected chi connectivity index (χ0v) is 13.4. The van der Waals surface area contributed by atoms with Crippen LogP contribution in [0.5, 0.6) is 0 Å². The van der Waals surface area contributed by atoms with E-state index in [1.807, 2.05) is 32.0 Å². The van der Waals surface area contributed by atoms with Crippen LogP contribution in [0.4, 0.5) is 11.4 Å². The Morgan fingerprint density at radius 1 is 1.09 bits per heavy atom. The lowest BCUT2D eigenvalue weighted by Gasteiger charge is -2.11. The van der Waals surface area contributed by atoms with Crippen LogP contribution in [-0.2, 0) is 0 Å². The van der Waals surface area contributed by atoms with Gasteiger partial charge in [-0.1, -0.05) is 6.07 Å². The van der Waals surface area contributed by atoms with Crippen LogP contribution in [0.15, 0.2) is 42.5 Å². The first-order chi connectivity index (χ1) is 10.8. The molecule has 0 aromatic heterocycles. The fourth-order valence-corrected chi connectivity index (χ4v) is 2.33. The molecule has 1 amide bonds. The van der Waals surface area contributed by atoms with Crippen LogP contribution >= 0.6 is 12.2 Å². The Morgan fingerprint density at radius 2 is 1.65 bits per heavy atom. The van der Waals surface area contributed by atoms with Gasteiger partial charge in [0.1, 0.15) is 0 Å². The van der Waals surface area contributed by atoms with Crippen molar-refractivity contribution in [2.45, 2.75) is 13.8 Å². The van der Waals surface area contributed by atoms with Crippen LogP contribution in [0.2, 0.25) is 0 Å². The van der Waals surface area contributed by atoms with Gasteiger partial charge in [-0.2, -0.15) is 0 Å². The van der Waals surface area contributed by atoms with E-state index < -0.39 is 10.8 Å². The van der Waals surface area contributed by atoms with Crippen molar-refractivity contribution in [3.8, 4) is 0 Å². The number of hydrogen-bond acceptors (Lipinski definition) is 4. The second-order valence-corrected chi connectivity index (χ2v) is 5.50. The normalized spacial score (nSPS) is 10.0. The Labute approximate surface area is 138 Å². The molecular weight excluding hydrogens is 314 g/mol. The van der Waals surface area contributed by atoms with Crippen LogP contribution in [0.25, 0.3) is 0 Å². The molecule has 2 aromatic rings. The van der Waals surface area contributed by atoms with Crippen molar-refractivity contribution in [3.05, 3.63) is 69.3 Å². The number of aryl methyl sites for hydroxylation is 2. The van der Waals surface area contributed by atoms with Crippen molar-refractivity contribution < 1.29 is 9.72 Å². The summed E-state index contributed by atoms with van der Waals surface area (Å²) in [5, 5.41) is 16.2. The molecule has 0 saturated heterocycles. The average molecular weight is 329 g/mol. The lowest BCUT2D eigenvalue weighted by molar-refractivity contribution is -0.384. The number of hydrogen-bond donors (Lipinski definition) is 2. The number of carbonyl (C=O) groups is 1. The molecule has 0 radical (unpaired) electrons. The summed E-state index contributed by atoms with van der Waals surface area (Å²) < 4.78 is 0. The van der Waals surface area contributed by atoms with Crippen molar-refractivity contribution in [1.29, 1.82) is 0 Å². The van der Waals surface area contributed by atoms with Gasteiger partial charge in [0.05, 0.1) is 4.92 Å². The lowest BCUT2D eigenvalue weighted by atomic mass is 10.1. The number of nitro groups is 1. The smallest absolute Gasteiger partial charge is 0.269 e. The van der Waals surface area contributed by atoms with Crippen LogP contribution in [-0.4, -0.2) is 15.9 Å². The van der Waals surface area contributed by atoms with Crippen LogP contribution in [0.1, 0.15) is 21.5 Å². The monoisotopic (exact) mass is 329 g/mol. The molecule has 2 rings (SSSR count). The zero-order valence-electron chi connectivity index (χ0n) is 12.6. The van der Waals surface area contributed by atoms with E-state index in [9.17, 15) is 14.9 Å². The maximum atomic E-state index is 12.1. The van der Waals surface area contributed by atoms with Crippen LogP contribution in [0.3, 0.4) is 0 Å². The number of nitro benzene ring substituents is 1. The van der Waals surface area contributed by atoms with Gasteiger partial charge in [0.25, 0.3) is 11.6 Å². The third kappa shape index (κ3) is 4.58. The Morgan fingerprint density at radius 3 is 2.17 bits per heavy atom. The second kappa shape index (κ2) is 6.97. The predicted octanol–water partition coefficient (Wildman–Crippen LogP) is 3.34. The number of anilines is 1. The summed E-state index contributed by atoms with van der Waals surface area (Å²) in [6.45, 7) is 3.94. The molecule has 7 heteroatoms. The van der Waals surface area contributed by atoms with Crippen molar-refractivity contribution in [2.24, 2.45) is 0 Å². The summed E-state index contributed by atoms with van der Waals surface area (Å²) in [7, 11) is 0. The number of nitrogens with zero attached hydrogens (tertiary/aromatic N) is 1. The first-order valence-corrected chi connectivity index (χ1v) is 7.21. The van der Waals surface area contributed by atoms with E-state index >= 15 is 0 Å². The van der Waals surface area contributed by atoms with Gasteiger partial charge < -0.3 is 5.32 Å². The molecule has 0 bridgehead atoms. The van der Waals surface area contributed by atoms with Crippen molar-refractivity contribution in [1.82, 2.24) is 5.32 Å². The number of benzene rings is 2. The molecule has 0 unspecified atom stereocenters. The van der Waals surface area contributed by atoms with Crippen molar-refractivity contribution in [2.75, 3.05) is 5.32 Å². The molecule has 0 heterocycles. The summed E-state index contributed by atoms with van der Waals surface area (Å²) in [6, 6.07) is 11.2. The highest BCUT2D eigenvalue weighted by molar-refractivity contribution is 7.80. The second-order valence-electron chi connectivity index (χ2n) is 5.09. The maximum absolute atomic E-state index is 12.1. The van der Waals surface area contributed by atoms with Gasteiger partial charge in [-0.25, -0.2) is 0 Å². The van der Waals surface area contributed by atoms with Gasteiger partial charge in [-0.05, 0) is 61.5 Å². The number of non-ortho nitro benzene ring substituents is 1. The van der Waals surface area contributed by atoms with Gasteiger partial charge in [0, 0.05) is 23.4 Å². The molecule has 6 nitrogen and oxygen atoms in total. The Hall–Kier alpha value is -2.80. The number of rotatable bonds is 3. The van der Waals surface area contributed by atoms with Crippen LogP contribution in [0, 0.1) is 24.0 Å². The molecule has 118 valence electrons. The molecule has 0 atom stereocenters. The van der Waals surface area contributed by atoms with Gasteiger partial charge in [-0.3, -0.25) is 20.2 Å². The topological polar surface area (TPSA) is 84.3 Å². The van der Waals surface area contributed by atoms with Gasteiger partial charge in [0.2, 0.25) is 0 Å². The number of amides is 1. The molecule has 2 aromatic carbocycles. The summed E-state index contributed by atoms with van der Waals surface area (Å²) >= 11 is 5.11. The molecular formula is C16H15N3O3S. The van der Waals surface area contributed by atoms with Crippen molar-refractivity contribution >= 4 is 34.6 Å². The van der Waals surface area contributed by atoms with E-state index in [1.165, 1.54) is 24.3 Å². The zero-order chi connectivity index (χ0) is 17.0. The third-order valence-corrected chi connectivity index (χ3v) is 3.25. The van der Waals surface area contributed by atoms with Crippen molar-refractivity contribution in [3.63, 3.8) is 0 Å². The molecule has 0 aliphatic heterocycles. The first kappa shape index (κ1) is 16.6. The SMILES string of the molecule is Cc1cc(C)cc(NC(=S)NC(=O)c2ccc([N+](=O)[O-])cc2)c1. The Bertz CT molecular complexity index is 752. The van der Waals surface area contributed by atoms with E-state index in [0.29, 0.717) is 5.56 Å². The molecule has 23 heavy (non-hydrogen) atoms. The van der Waals surface area contributed by atoms with E-state index in [-0.39, 0.29) is 10.8 Å². The van der Waals surface area contributed by atoms with Gasteiger partial charge in [0.15, 0.2) is 5.11 Å². The van der Waals surface area contributed by atoms with Gasteiger partial charge in [-0.15, -0.1) is 0 Å². The minimum Gasteiger partial charge on any atom is -0.332 e. The quantitative estimate of drug-likeness (QED) is 0.512. The highest BCUT2D eigenvalue weighted by atomic mass is 32.1. The highest BCUT2D eigenvalue weighted by Crippen LogP contribution is 2.14. The molecule has 2 N–H and O–H groups in total. The molecule has 0 spiro atoms. The van der Waals surface area contributed by atoms with Crippen LogP contribution < -0.4 is 10.6 Å². The van der Waals surface area contributed by atoms with E-state index in [4.69, 9.17) is 12.2 Å². The summed E-state index contributed by atoms with van der Waals surface area (Å²) in [5.74, 6) is -0.429. The summed E-state index contributed by atoms with van der Waals surface area (Å²) in [6.07, 6.45) is 0. The largest absolute Gasteiger partial charge is 0.332 e. The number of thiocarbonyl (C=S) groups is 1. The minimum absolute atomic E-state index is 0.0718. The average Bonchev–Trinajstić information content (AvgIpc) is 2.45. The standard InChI is InChI=1S/C16H15N3O3S/c1-10-7-11(2)9-13(8-10)17-16(23)18-15(20)12-3-5-14(6-4-12)19(21)22/h3-9H,1-2H3,(H2,17,18,20,23). The number of carbonyl (C=O) groups excluding carboxylic acids is 1. The van der Waals surface area contributed by atoms with E-state index in [1.54, 1.807) is 0 Å². The Kier molecular flexibility index (Phi) is 5.02. The molecule has 0 fully saturated rings. The lowest BCUT2D eigenvalue weighted by Crippen LogP contribution is -2.34. The summed E-state index contributed by atoms with van der Waals surface area (Å²) in [4.78, 5) is 22.1. The summed E-state index contributed by atoms with van der Waals surface area (Å²) in [5.41, 5.74) is 3.17. The van der Waals surface area contributed by atoms with E-state index in [2.05, 4.69) is 10.6 Å².